The van der Waals surface area contributed by atoms with Crippen LogP contribution in [0.2, 0.25) is 0 Å². The molecule has 1 aromatic carbocycles. The molecule has 18 heavy (non-hydrogen) atoms. The third kappa shape index (κ3) is 3.14. The lowest BCUT2D eigenvalue weighted by atomic mass is 9.76. The Bertz CT molecular complexity index is 372. The molecule has 0 aliphatic heterocycles. The average molecular weight is 245 g/mol. The first kappa shape index (κ1) is 13.6. The molecule has 1 aliphatic rings. The largest absolute Gasteiger partial charge is 0.319 e. The van der Waals surface area contributed by atoms with Gasteiger partial charge in [0, 0.05) is 0 Å². The van der Waals surface area contributed by atoms with E-state index < -0.39 is 0 Å². The summed E-state index contributed by atoms with van der Waals surface area (Å²) in [7, 11) is 2.05. The second kappa shape index (κ2) is 6.38. The highest BCUT2D eigenvalue weighted by Gasteiger charge is 2.23. The van der Waals surface area contributed by atoms with Crippen molar-refractivity contribution in [1.29, 1.82) is 0 Å². The minimum Gasteiger partial charge on any atom is -0.319 e. The minimum atomic E-state index is 0.768. The molecule has 0 bridgehead atoms. The zero-order chi connectivity index (χ0) is 13.0. The van der Waals surface area contributed by atoms with Crippen LogP contribution in [0.15, 0.2) is 24.3 Å². The Labute approximate surface area is 112 Å². The first-order chi connectivity index (χ1) is 8.72. The lowest BCUT2D eigenvalue weighted by Gasteiger charge is -2.30. The summed E-state index contributed by atoms with van der Waals surface area (Å²) in [6.07, 6.45) is 5.38. The van der Waals surface area contributed by atoms with Crippen molar-refractivity contribution in [3.63, 3.8) is 0 Å². The van der Waals surface area contributed by atoms with Crippen molar-refractivity contribution >= 4 is 0 Å². The zero-order valence-electron chi connectivity index (χ0n) is 12.1. The molecule has 0 spiro atoms. The maximum atomic E-state index is 3.30. The fourth-order valence-electron chi connectivity index (χ4n) is 3.30. The van der Waals surface area contributed by atoms with Crippen LogP contribution in [0, 0.1) is 11.8 Å². The number of hydrogen-bond acceptors (Lipinski definition) is 1. The van der Waals surface area contributed by atoms with Crippen molar-refractivity contribution in [1.82, 2.24) is 5.32 Å². The number of benzene rings is 1. The highest BCUT2D eigenvalue weighted by Crippen LogP contribution is 2.37. The van der Waals surface area contributed by atoms with Gasteiger partial charge in [0.05, 0.1) is 0 Å². The minimum absolute atomic E-state index is 0.768. The van der Waals surface area contributed by atoms with E-state index in [0.717, 1.165) is 24.3 Å². The fourth-order valence-corrected chi connectivity index (χ4v) is 3.30. The van der Waals surface area contributed by atoms with Crippen molar-refractivity contribution in [3.8, 4) is 0 Å². The van der Waals surface area contributed by atoms with E-state index in [1.54, 1.807) is 11.1 Å². The summed E-state index contributed by atoms with van der Waals surface area (Å²) >= 11 is 0. The molecular formula is C17H27N. The Balaban J connectivity index is 2.02. The van der Waals surface area contributed by atoms with Crippen molar-refractivity contribution in [3.05, 3.63) is 35.4 Å². The van der Waals surface area contributed by atoms with Gasteiger partial charge < -0.3 is 5.32 Å². The molecule has 0 saturated carbocycles. The van der Waals surface area contributed by atoms with Crippen LogP contribution in [-0.4, -0.2) is 13.6 Å². The van der Waals surface area contributed by atoms with Crippen LogP contribution in [0.25, 0.3) is 0 Å². The number of rotatable bonds is 5. The molecule has 1 nitrogen and oxygen atoms in total. The van der Waals surface area contributed by atoms with Crippen molar-refractivity contribution < 1.29 is 0 Å². The highest BCUT2D eigenvalue weighted by molar-refractivity contribution is 5.32. The molecule has 100 valence electrons. The van der Waals surface area contributed by atoms with Crippen LogP contribution >= 0.6 is 0 Å². The number of hydrogen-bond donors (Lipinski definition) is 1. The number of aryl methyl sites for hydroxylation is 1. The van der Waals surface area contributed by atoms with E-state index >= 15 is 0 Å². The Kier molecular flexibility index (Phi) is 4.82. The van der Waals surface area contributed by atoms with E-state index in [1.807, 2.05) is 0 Å². The van der Waals surface area contributed by atoms with E-state index in [-0.39, 0.29) is 0 Å². The van der Waals surface area contributed by atoms with Gasteiger partial charge in [0.15, 0.2) is 0 Å². The summed E-state index contributed by atoms with van der Waals surface area (Å²) in [5.41, 5.74) is 3.23. The molecule has 1 heteroatoms. The Hall–Kier alpha value is -0.820. The van der Waals surface area contributed by atoms with Crippen LogP contribution in [0.5, 0.6) is 0 Å². The second-order valence-electron chi connectivity index (χ2n) is 6.04. The molecule has 1 aromatic rings. The predicted molar refractivity (Wildman–Crippen MR) is 79.0 cm³/mol. The molecule has 0 radical (unpaired) electrons. The molecule has 3 unspecified atom stereocenters. The summed E-state index contributed by atoms with van der Waals surface area (Å²) < 4.78 is 0. The Morgan fingerprint density at radius 2 is 2.00 bits per heavy atom. The van der Waals surface area contributed by atoms with Gasteiger partial charge in [0.2, 0.25) is 0 Å². The number of fused-ring (bicyclic) bond motifs is 1. The summed E-state index contributed by atoms with van der Waals surface area (Å²) in [5, 5.41) is 3.30. The van der Waals surface area contributed by atoms with Crippen molar-refractivity contribution in [2.75, 3.05) is 13.6 Å². The standard InChI is InChI=1S/C17H27N/c1-13(14(2)12-18-3)11-16-9-6-8-15-7-4-5-10-17(15)16/h4-5,7,10,13-14,16,18H,6,8-9,11-12H2,1-3H3. The van der Waals surface area contributed by atoms with Gasteiger partial charge in [-0.25, -0.2) is 0 Å². The quantitative estimate of drug-likeness (QED) is 0.827. The molecule has 1 N–H and O–H groups in total. The van der Waals surface area contributed by atoms with E-state index in [4.69, 9.17) is 0 Å². The highest BCUT2D eigenvalue weighted by atomic mass is 14.8. The predicted octanol–water partition coefficient (Wildman–Crippen LogP) is 3.99. The maximum Gasteiger partial charge on any atom is -0.00236 e. The lowest BCUT2D eigenvalue weighted by molar-refractivity contribution is 0.319. The molecule has 0 amide bonds. The van der Waals surface area contributed by atoms with E-state index in [0.29, 0.717) is 0 Å². The van der Waals surface area contributed by atoms with Gasteiger partial charge in [0.25, 0.3) is 0 Å². The molecule has 0 fully saturated rings. The zero-order valence-corrected chi connectivity index (χ0v) is 12.1. The van der Waals surface area contributed by atoms with E-state index in [1.165, 1.54) is 25.7 Å². The third-order valence-electron chi connectivity index (χ3n) is 4.65. The lowest BCUT2D eigenvalue weighted by Crippen LogP contribution is -2.24. The molecule has 0 saturated heterocycles. The molecule has 0 aromatic heterocycles. The summed E-state index contributed by atoms with van der Waals surface area (Å²) in [4.78, 5) is 0. The van der Waals surface area contributed by atoms with Crippen LogP contribution < -0.4 is 5.32 Å². The molecular weight excluding hydrogens is 218 g/mol. The Morgan fingerprint density at radius 3 is 2.78 bits per heavy atom. The monoisotopic (exact) mass is 245 g/mol. The Morgan fingerprint density at radius 1 is 1.22 bits per heavy atom. The SMILES string of the molecule is CNCC(C)C(C)CC1CCCc2ccccc21. The van der Waals surface area contributed by atoms with Crippen molar-refractivity contribution in [2.24, 2.45) is 11.8 Å². The van der Waals surface area contributed by atoms with Crippen LogP contribution in [-0.2, 0) is 6.42 Å². The van der Waals surface area contributed by atoms with Gasteiger partial charge in [-0.15, -0.1) is 0 Å². The van der Waals surface area contributed by atoms with E-state index in [2.05, 4.69) is 50.5 Å². The molecule has 1 aliphatic carbocycles. The van der Waals surface area contributed by atoms with Gasteiger partial charge in [-0.3, -0.25) is 0 Å². The average Bonchev–Trinajstić information content (AvgIpc) is 2.39. The molecule has 0 heterocycles. The third-order valence-corrected chi connectivity index (χ3v) is 4.65. The normalized spacial score (nSPS) is 22.3. The van der Waals surface area contributed by atoms with Gasteiger partial charge in [-0.2, -0.15) is 0 Å². The van der Waals surface area contributed by atoms with Gasteiger partial charge in [-0.1, -0.05) is 38.1 Å². The van der Waals surface area contributed by atoms with Crippen molar-refractivity contribution in [2.45, 2.75) is 45.4 Å². The first-order valence-corrected chi connectivity index (χ1v) is 7.44. The molecule has 3 atom stereocenters. The van der Waals surface area contributed by atoms with Crippen LogP contribution in [0.4, 0.5) is 0 Å². The fraction of sp³-hybridized carbons (Fsp3) is 0.647. The summed E-state index contributed by atoms with van der Waals surface area (Å²) in [5.74, 6) is 2.36. The smallest absolute Gasteiger partial charge is 0.00236 e. The first-order valence-electron chi connectivity index (χ1n) is 7.44. The van der Waals surface area contributed by atoms with E-state index in [9.17, 15) is 0 Å². The topological polar surface area (TPSA) is 12.0 Å². The second-order valence-corrected chi connectivity index (χ2v) is 6.04. The van der Waals surface area contributed by atoms with Crippen LogP contribution in [0.1, 0.15) is 50.2 Å². The molecule has 2 rings (SSSR count). The van der Waals surface area contributed by atoms with Gasteiger partial charge >= 0.3 is 0 Å². The summed E-state index contributed by atoms with van der Waals surface area (Å²) in [6, 6.07) is 9.07. The van der Waals surface area contributed by atoms with Gasteiger partial charge in [0.1, 0.15) is 0 Å². The van der Waals surface area contributed by atoms with Gasteiger partial charge in [-0.05, 0) is 68.2 Å². The maximum absolute atomic E-state index is 3.30. The summed E-state index contributed by atoms with van der Waals surface area (Å²) in [6.45, 7) is 5.92. The van der Waals surface area contributed by atoms with Crippen LogP contribution in [0.3, 0.4) is 0 Å². The number of nitrogens with one attached hydrogen (secondary N) is 1.